The van der Waals surface area contributed by atoms with Gasteiger partial charge in [0.25, 0.3) is 0 Å². The van der Waals surface area contributed by atoms with Crippen LogP contribution in [0.5, 0.6) is 0 Å². The summed E-state index contributed by atoms with van der Waals surface area (Å²) in [6, 6.07) is 5.72. The molecule has 1 aromatic heterocycles. The number of hydrogen-bond donors (Lipinski definition) is 2. The van der Waals surface area contributed by atoms with Crippen LogP contribution in [0.15, 0.2) is 30.6 Å². The van der Waals surface area contributed by atoms with E-state index in [1.165, 1.54) is 6.92 Å². The first kappa shape index (κ1) is 9.07. The summed E-state index contributed by atoms with van der Waals surface area (Å²) < 4.78 is 0. The van der Waals surface area contributed by atoms with Crippen molar-refractivity contribution in [2.24, 2.45) is 0 Å². The van der Waals surface area contributed by atoms with Crippen molar-refractivity contribution in [1.82, 2.24) is 4.98 Å². The lowest BCUT2D eigenvalue weighted by Crippen LogP contribution is -1.92. The molecule has 2 N–H and O–H groups in total. The first-order valence-corrected chi connectivity index (χ1v) is 2.94. The van der Waals surface area contributed by atoms with Crippen molar-refractivity contribution in [1.29, 1.82) is 0 Å². The lowest BCUT2D eigenvalue weighted by molar-refractivity contribution is -0.0228. The molecule has 1 heterocycles. The second kappa shape index (κ2) is 6.19. The fourth-order valence-electron chi connectivity index (χ4n) is 0.313. The van der Waals surface area contributed by atoms with E-state index in [1.54, 1.807) is 12.4 Å². The molecule has 10 heavy (non-hydrogen) atoms. The highest BCUT2D eigenvalue weighted by Crippen LogP contribution is 1.73. The van der Waals surface area contributed by atoms with Crippen molar-refractivity contribution in [2.75, 3.05) is 0 Å². The van der Waals surface area contributed by atoms with Crippen LogP contribution in [0.25, 0.3) is 0 Å². The highest BCUT2D eigenvalue weighted by Gasteiger charge is 1.70. The summed E-state index contributed by atoms with van der Waals surface area (Å²) in [4.78, 5) is 3.78. The van der Waals surface area contributed by atoms with E-state index in [0.29, 0.717) is 0 Å². The van der Waals surface area contributed by atoms with Crippen molar-refractivity contribution >= 4 is 0 Å². The molecule has 1 aromatic rings. The number of pyridine rings is 1. The van der Waals surface area contributed by atoms with E-state index in [4.69, 9.17) is 10.2 Å². The molecule has 0 bridgehead atoms. The molecular formula is C7H11NO2. The summed E-state index contributed by atoms with van der Waals surface area (Å²) in [5, 5.41) is 15.2. The molecule has 0 aliphatic heterocycles. The van der Waals surface area contributed by atoms with Crippen LogP contribution < -0.4 is 0 Å². The highest BCUT2D eigenvalue weighted by atomic mass is 16.5. The molecule has 0 spiro atoms. The minimum Gasteiger partial charge on any atom is -0.368 e. The topological polar surface area (TPSA) is 53.4 Å². The van der Waals surface area contributed by atoms with Gasteiger partial charge < -0.3 is 10.2 Å². The number of rotatable bonds is 0. The molecule has 0 amide bonds. The van der Waals surface area contributed by atoms with Crippen LogP contribution in [-0.4, -0.2) is 21.5 Å². The van der Waals surface area contributed by atoms with Gasteiger partial charge >= 0.3 is 0 Å². The van der Waals surface area contributed by atoms with E-state index in [2.05, 4.69) is 4.98 Å². The zero-order valence-corrected chi connectivity index (χ0v) is 5.81. The molecule has 56 valence electrons. The molecule has 0 atom stereocenters. The van der Waals surface area contributed by atoms with Crippen LogP contribution in [0, 0.1) is 0 Å². The second-order valence-corrected chi connectivity index (χ2v) is 1.66. The van der Waals surface area contributed by atoms with Crippen molar-refractivity contribution in [3.05, 3.63) is 30.6 Å². The summed E-state index contributed by atoms with van der Waals surface area (Å²) in [7, 11) is 0. The number of hydrogen-bond acceptors (Lipinski definition) is 3. The monoisotopic (exact) mass is 141 g/mol. The van der Waals surface area contributed by atoms with Crippen LogP contribution in [0.1, 0.15) is 6.92 Å². The third kappa shape index (κ3) is 10.1. The van der Waals surface area contributed by atoms with E-state index in [1.807, 2.05) is 18.2 Å². The Bertz CT molecular complexity index is 112. The first-order valence-electron chi connectivity index (χ1n) is 2.94. The molecule has 0 saturated heterocycles. The van der Waals surface area contributed by atoms with Crippen molar-refractivity contribution in [3.63, 3.8) is 0 Å². The van der Waals surface area contributed by atoms with Gasteiger partial charge in [-0.1, -0.05) is 6.07 Å². The average Bonchev–Trinajstić information content (AvgIpc) is 1.90. The van der Waals surface area contributed by atoms with Crippen LogP contribution >= 0.6 is 0 Å². The Morgan fingerprint density at radius 3 is 1.60 bits per heavy atom. The predicted molar refractivity (Wildman–Crippen MR) is 38.1 cm³/mol. The Kier molecular flexibility index (Phi) is 5.62. The summed E-state index contributed by atoms with van der Waals surface area (Å²) in [6.07, 6.45) is 2.33. The summed E-state index contributed by atoms with van der Waals surface area (Å²) in [6.45, 7) is 1.28. The Morgan fingerprint density at radius 2 is 1.50 bits per heavy atom. The Labute approximate surface area is 60.0 Å². The van der Waals surface area contributed by atoms with Crippen LogP contribution in [0.2, 0.25) is 0 Å². The van der Waals surface area contributed by atoms with E-state index >= 15 is 0 Å². The fraction of sp³-hybridized carbons (Fsp3) is 0.286. The third-order valence-corrected chi connectivity index (χ3v) is 0.566. The van der Waals surface area contributed by atoms with Crippen LogP contribution in [-0.2, 0) is 0 Å². The minimum atomic E-state index is -1.17. The predicted octanol–water partition coefficient (Wildman–Crippen LogP) is 0.399. The molecule has 0 unspecified atom stereocenters. The van der Waals surface area contributed by atoms with Crippen molar-refractivity contribution in [2.45, 2.75) is 13.2 Å². The highest BCUT2D eigenvalue weighted by molar-refractivity contribution is 4.88. The molecule has 3 nitrogen and oxygen atoms in total. The molecule has 0 fully saturated rings. The van der Waals surface area contributed by atoms with Gasteiger partial charge in [0.05, 0.1) is 0 Å². The van der Waals surface area contributed by atoms with Gasteiger partial charge in [-0.2, -0.15) is 0 Å². The van der Waals surface area contributed by atoms with Gasteiger partial charge in [0.1, 0.15) is 6.29 Å². The van der Waals surface area contributed by atoms with Gasteiger partial charge in [-0.05, 0) is 19.1 Å². The minimum absolute atomic E-state index is 1.17. The van der Waals surface area contributed by atoms with E-state index in [0.717, 1.165) is 0 Å². The summed E-state index contributed by atoms with van der Waals surface area (Å²) in [5.41, 5.74) is 0. The van der Waals surface area contributed by atoms with Gasteiger partial charge in [-0.3, -0.25) is 4.98 Å². The number of nitrogens with zero attached hydrogens (tertiary/aromatic N) is 1. The number of aliphatic hydroxyl groups excluding tert-OH is 1. The smallest absolute Gasteiger partial charge is 0.148 e. The van der Waals surface area contributed by atoms with Gasteiger partial charge in [0.2, 0.25) is 0 Å². The molecule has 0 saturated carbocycles. The maximum absolute atomic E-state index is 7.61. The maximum Gasteiger partial charge on any atom is 0.148 e. The Hall–Kier alpha value is -0.930. The van der Waals surface area contributed by atoms with Gasteiger partial charge in [-0.25, -0.2) is 0 Å². The van der Waals surface area contributed by atoms with Crippen molar-refractivity contribution in [3.8, 4) is 0 Å². The third-order valence-electron chi connectivity index (χ3n) is 0.566. The molecule has 3 heteroatoms. The maximum atomic E-state index is 7.61. The molecule has 0 aliphatic carbocycles. The van der Waals surface area contributed by atoms with Gasteiger partial charge in [-0.15, -0.1) is 0 Å². The van der Waals surface area contributed by atoms with Crippen LogP contribution in [0.4, 0.5) is 0 Å². The van der Waals surface area contributed by atoms with Gasteiger partial charge in [0.15, 0.2) is 0 Å². The van der Waals surface area contributed by atoms with E-state index in [-0.39, 0.29) is 0 Å². The quantitative estimate of drug-likeness (QED) is 0.514. The average molecular weight is 141 g/mol. The molecule has 0 radical (unpaired) electrons. The molecule has 0 aliphatic rings. The normalized spacial score (nSPS) is 8.40. The second-order valence-electron chi connectivity index (χ2n) is 1.66. The van der Waals surface area contributed by atoms with E-state index in [9.17, 15) is 0 Å². The summed E-state index contributed by atoms with van der Waals surface area (Å²) >= 11 is 0. The zero-order chi connectivity index (χ0) is 7.82. The van der Waals surface area contributed by atoms with Crippen LogP contribution in [0.3, 0.4) is 0 Å². The Morgan fingerprint density at radius 1 is 1.10 bits per heavy atom. The molecule has 1 rings (SSSR count). The summed E-state index contributed by atoms with van der Waals surface area (Å²) in [5.74, 6) is 0. The van der Waals surface area contributed by atoms with Gasteiger partial charge in [0, 0.05) is 12.4 Å². The molecule has 0 aromatic carbocycles. The Balaban J connectivity index is 0.000000180. The lowest BCUT2D eigenvalue weighted by Gasteiger charge is -1.80. The SMILES string of the molecule is CC(O)O.c1ccncc1. The fourth-order valence-corrected chi connectivity index (χ4v) is 0.313. The largest absolute Gasteiger partial charge is 0.368 e. The standard InChI is InChI=1S/C5H5N.C2H6O2/c1-2-4-6-5-3-1;1-2(3)4/h1-5H;2-4H,1H3. The first-order chi connectivity index (χ1) is 4.73. The van der Waals surface area contributed by atoms with Crippen molar-refractivity contribution < 1.29 is 10.2 Å². The number of aromatic nitrogens is 1. The molecular weight excluding hydrogens is 130 g/mol. The lowest BCUT2D eigenvalue weighted by atomic mass is 10.5. The van der Waals surface area contributed by atoms with E-state index < -0.39 is 6.29 Å². The zero-order valence-electron chi connectivity index (χ0n) is 5.81. The number of aliphatic hydroxyl groups is 2.